The van der Waals surface area contributed by atoms with Gasteiger partial charge >= 0.3 is 0 Å². The molecule has 110 valence electrons. The van der Waals surface area contributed by atoms with Crippen LogP contribution in [0.2, 0.25) is 0 Å². The molecule has 1 aromatic carbocycles. The van der Waals surface area contributed by atoms with Gasteiger partial charge in [0.2, 0.25) is 0 Å². The van der Waals surface area contributed by atoms with Crippen molar-refractivity contribution in [1.82, 2.24) is 5.32 Å². The number of nitrogens with two attached hydrogens (primary N) is 1. The lowest BCUT2D eigenvalue weighted by molar-refractivity contribution is 0.0420. The zero-order valence-electron chi connectivity index (χ0n) is 11.2. The van der Waals surface area contributed by atoms with Crippen molar-refractivity contribution in [2.75, 3.05) is 18.5 Å². The van der Waals surface area contributed by atoms with E-state index in [1.54, 1.807) is 0 Å². The molecule has 1 fully saturated rings. The fourth-order valence-corrected chi connectivity index (χ4v) is 2.86. The van der Waals surface area contributed by atoms with Gasteiger partial charge in [0.15, 0.2) is 9.84 Å². The quantitative estimate of drug-likeness (QED) is 0.687. The lowest BCUT2D eigenvalue weighted by atomic mass is 9.82. The van der Waals surface area contributed by atoms with Crippen LogP contribution in [-0.4, -0.2) is 38.3 Å². The molecule has 1 saturated carbocycles. The molecule has 0 saturated heterocycles. The minimum Gasteiger partial charge on any atom is -0.399 e. The molecule has 1 amide bonds. The third-order valence-electron chi connectivity index (χ3n) is 3.38. The summed E-state index contributed by atoms with van der Waals surface area (Å²) in [5.74, 6) is -0.0759. The van der Waals surface area contributed by atoms with Gasteiger partial charge < -0.3 is 16.2 Å². The first-order chi connectivity index (χ1) is 9.25. The number of nitrogens with one attached hydrogen (secondary N) is 1. The Morgan fingerprint density at radius 3 is 2.60 bits per heavy atom. The fraction of sp³-hybridized carbons (Fsp3) is 0.462. The molecule has 0 unspecified atom stereocenters. The van der Waals surface area contributed by atoms with E-state index in [9.17, 15) is 13.2 Å². The molecule has 0 radical (unpaired) electrons. The molecule has 0 bridgehead atoms. The van der Waals surface area contributed by atoms with Gasteiger partial charge in [-0.15, -0.1) is 0 Å². The predicted octanol–water partition coefficient (Wildman–Crippen LogP) is 0.173. The van der Waals surface area contributed by atoms with Crippen LogP contribution in [-0.2, 0) is 9.84 Å². The van der Waals surface area contributed by atoms with Crippen LogP contribution in [0.25, 0.3) is 0 Å². The average Bonchev–Trinajstić information content (AvgIpc) is 2.31. The topological polar surface area (TPSA) is 109 Å². The second kappa shape index (κ2) is 5.41. The van der Waals surface area contributed by atoms with Crippen molar-refractivity contribution in [3.05, 3.63) is 23.8 Å². The monoisotopic (exact) mass is 298 g/mol. The third kappa shape index (κ3) is 3.49. The Hall–Kier alpha value is -1.60. The molecule has 1 aliphatic rings. The third-order valence-corrected chi connectivity index (χ3v) is 4.47. The smallest absolute Gasteiger partial charge is 0.251 e. The molecule has 0 aliphatic heterocycles. The number of amides is 1. The first-order valence-electron chi connectivity index (χ1n) is 6.32. The predicted molar refractivity (Wildman–Crippen MR) is 75.0 cm³/mol. The van der Waals surface area contributed by atoms with Crippen molar-refractivity contribution >= 4 is 21.4 Å². The molecular weight excluding hydrogens is 280 g/mol. The summed E-state index contributed by atoms with van der Waals surface area (Å²) in [5.41, 5.74) is 6.09. The molecule has 1 aliphatic carbocycles. The standard InChI is InChI=1S/C13H18N2O4S/c1-20(18,19)12-5-9(4-10(14)6-12)13(17)15-7-8-2-11(16)3-8/h4-6,8,11,16H,2-3,7,14H2,1H3,(H,15,17). The number of carbonyl (C=O) groups excluding carboxylic acids is 1. The number of hydrogen-bond donors (Lipinski definition) is 3. The number of carbonyl (C=O) groups is 1. The van der Waals surface area contributed by atoms with E-state index in [0.717, 1.165) is 6.26 Å². The van der Waals surface area contributed by atoms with Crippen molar-refractivity contribution in [3.63, 3.8) is 0 Å². The van der Waals surface area contributed by atoms with Gasteiger partial charge in [0.25, 0.3) is 5.91 Å². The van der Waals surface area contributed by atoms with Crippen molar-refractivity contribution < 1.29 is 18.3 Å². The summed E-state index contributed by atoms with van der Waals surface area (Å²) in [7, 11) is -3.41. The van der Waals surface area contributed by atoms with Gasteiger partial charge in [-0.25, -0.2) is 8.42 Å². The van der Waals surface area contributed by atoms with Crippen LogP contribution >= 0.6 is 0 Å². The van der Waals surface area contributed by atoms with E-state index in [0.29, 0.717) is 19.4 Å². The molecule has 20 heavy (non-hydrogen) atoms. The minimum atomic E-state index is -3.41. The molecule has 0 heterocycles. The highest BCUT2D eigenvalue weighted by Gasteiger charge is 2.27. The van der Waals surface area contributed by atoms with Gasteiger partial charge in [-0.1, -0.05) is 0 Å². The highest BCUT2D eigenvalue weighted by Crippen LogP contribution is 2.26. The fourth-order valence-electron chi connectivity index (χ4n) is 2.17. The molecule has 0 aromatic heterocycles. The zero-order valence-corrected chi connectivity index (χ0v) is 12.0. The summed E-state index contributed by atoms with van der Waals surface area (Å²) in [4.78, 5) is 12.0. The van der Waals surface area contributed by atoms with E-state index in [1.807, 2.05) is 0 Å². The number of sulfone groups is 1. The summed E-state index contributed by atoms with van der Waals surface area (Å²) < 4.78 is 23.0. The van der Waals surface area contributed by atoms with Crippen LogP contribution in [0.1, 0.15) is 23.2 Å². The molecule has 2 rings (SSSR count). The van der Waals surface area contributed by atoms with Crippen molar-refractivity contribution in [3.8, 4) is 0 Å². The van der Waals surface area contributed by atoms with Crippen LogP contribution < -0.4 is 11.1 Å². The van der Waals surface area contributed by atoms with Crippen molar-refractivity contribution in [2.24, 2.45) is 5.92 Å². The minimum absolute atomic E-state index is 0.0294. The number of aliphatic hydroxyl groups is 1. The maximum atomic E-state index is 12.0. The second-order valence-electron chi connectivity index (χ2n) is 5.26. The van der Waals surface area contributed by atoms with E-state index in [-0.39, 0.29) is 34.1 Å². The van der Waals surface area contributed by atoms with Crippen LogP contribution in [0.4, 0.5) is 5.69 Å². The van der Waals surface area contributed by atoms with Gasteiger partial charge in [0, 0.05) is 24.1 Å². The molecule has 7 heteroatoms. The van der Waals surface area contributed by atoms with Gasteiger partial charge in [-0.2, -0.15) is 0 Å². The lowest BCUT2D eigenvalue weighted by Crippen LogP contribution is -2.38. The summed E-state index contributed by atoms with van der Waals surface area (Å²) >= 11 is 0. The number of nitrogen functional groups attached to an aromatic ring is 1. The maximum absolute atomic E-state index is 12.0. The zero-order chi connectivity index (χ0) is 14.9. The summed E-state index contributed by atoms with van der Waals surface area (Å²) in [6.07, 6.45) is 2.18. The Morgan fingerprint density at radius 1 is 1.40 bits per heavy atom. The number of anilines is 1. The number of aliphatic hydroxyl groups excluding tert-OH is 1. The molecule has 0 spiro atoms. The molecule has 6 nitrogen and oxygen atoms in total. The number of rotatable bonds is 4. The van der Waals surface area contributed by atoms with Crippen molar-refractivity contribution in [1.29, 1.82) is 0 Å². The molecular formula is C13H18N2O4S. The van der Waals surface area contributed by atoms with E-state index >= 15 is 0 Å². The Labute approximate surface area is 117 Å². The van der Waals surface area contributed by atoms with Crippen LogP contribution in [0.15, 0.2) is 23.1 Å². The lowest BCUT2D eigenvalue weighted by Gasteiger charge is -2.31. The first kappa shape index (κ1) is 14.8. The number of benzene rings is 1. The summed E-state index contributed by atoms with van der Waals surface area (Å²) in [6, 6.07) is 4.09. The van der Waals surface area contributed by atoms with E-state index in [1.165, 1.54) is 18.2 Å². The SMILES string of the molecule is CS(=O)(=O)c1cc(N)cc(C(=O)NCC2CC(O)C2)c1. The van der Waals surface area contributed by atoms with Gasteiger partial charge in [0.1, 0.15) is 0 Å². The summed E-state index contributed by atoms with van der Waals surface area (Å²) in [6.45, 7) is 0.471. The molecule has 0 atom stereocenters. The van der Waals surface area contributed by atoms with Gasteiger partial charge in [-0.3, -0.25) is 4.79 Å². The Balaban J connectivity index is 2.07. The highest BCUT2D eigenvalue weighted by molar-refractivity contribution is 7.90. The Morgan fingerprint density at radius 2 is 2.05 bits per heavy atom. The first-order valence-corrected chi connectivity index (χ1v) is 8.21. The average molecular weight is 298 g/mol. The Bertz CT molecular complexity index is 621. The molecule has 1 aromatic rings. The van der Waals surface area contributed by atoms with Gasteiger partial charge in [-0.05, 0) is 37.0 Å². The summed E-state index contributed by atoms with van der Waals surface area (Å²) in [5, 5.41) is 11.9. The van der Waals surface area contributed by atoms with Crippen LogP contribution in [0.5, 0.6) is 0 Å². The van der Waals surface area contributed by atoms with E-state index in [2.05, 4.69) is 5.32 Å². The normalized spacial score (nSPS) is 22.1. The van der Waals surface area contributed by atoms with Crippen LogP contribution in [0, 0.1) is 5.92 Å². The largest absolute Gasteiger partial charge is 0.399 e. The maximum Gasteiger partial charge on any atom is 0.251 e. The second-order valence-corrected chi connectivity index (χ2v) is 7.28. The highest BCUT2D eigenvalue weighted by atomic mass is 32.2. The van der Waals surface area contributed by atoms with Crippen molar-refractivity contribution in [2.45, 2.75) is 23.8 Å². The molecule has 4 N–H and O–H groups in total. The number of hydrogen-bond acceptors (Lipinski definition) is 5. The van der Waals surface area contributed by atoms with E-state index in [4.69, 9.17) is 10.8 Å². The van der Waals surface area contributed by atoms with E-state index < -0.39 is 9.84 Å². The Kier molecular flexibility index (Phi) is 4.01. The van der Waals surface area contributed by atoms with Gasteiger partial charge in [0.05, 0.1) is 11.0 Å². The van der Waals surface area contributed by atoms with Crippen LogP contribution in [0.3, 0.4) is 0 Å².